The summed E-state index contributed by atoms with van der Waals surface area (Å²) in [6.07, 6.45) is 5.23. The van der Waals surface area contributed by atoms with Crippen molar-refractivity contribution in [1.29, 1.82) is 0 Å². The van der Waals surface area contributed by atoms with Gasteiger partial charge in [-0.3, -0.25) is 4.79 Å². The maximum Gasteiger partial charge on any atom is 0.235 e. The second kappa shape index (κ2) is 6.30. The number of hydrogen-bond donors (Lipinski definition) is 2. The normalized spacial score (nSPS) is 17.6. The molecule has 0 aromatic heterocycles. The van der Waals surface area contributed by atoms with Crippen LogP contribution in [0.25, 0.3) is 0 Å². The number of thiocarbonyl (C=S) groups is 1. The Labute approximate surface area is 107 Å². The molecule has 1 rings (SSSR count). The summed E-state index contributed by atoms with van der Waals surface area (Å²) in [6, 6.07) is 0.122. The van der Waals surface area contributed by atoms with E-state index in [9.17, 15) is 13.2 Å². The Balaban J connectivity index is 2.40. The van der Waals surface area contributed by atoms with Crippen LogP contribution < -0.4 is 11.1 Å². The molecule has 0 bridgehead atoms. The van der Waals surface area contributed by atoms with Crippen molar-refractivity contribution in [3.05, 3.63) is 0 Å². The van der Waals surface area contributed by atoms with Crippen molar-refractivity contribution < 1.29 is 13.2 Å². The fourth-order valence-corrected chi connectivity index (χ4v) is 3.54. The largest absolute Gasteiger partial charge is 0.392 e. The Kier molecular flexibility index (Phi) is 5.32. The lowest BCUT2D eigenvalue weighted by atomic mass is 9.95. The van der Waals surface area contributed by atoms with E-state index in [-0.39, 0.29) is 11.0 Å². The van der Waals surface area contributed by atoms with Crippen LogP contribution in [-0.4, -0.2) is 36.9 Å². The van der Waals surface area contributed by atoms with E-state index in [1.807, 2.05) is 0 Å². The average Bonchev–Trinajstić information content (AvgIpc) is 2.15. The minimum Gasteiger partial charge on any atom is -0.392 e. The lowest BCUT2D eigenvalue weighted by Crippen LogP contribution is -2.40. The molecule has 0 heterocycles. The van der Waals surface area contributed by atoms with Crippen molar-refractivity contribution in [1.82, 2.24) is 5.32 Å². The molecule has 1 aliphatic rings. The van der Waals surface area contributed by atoms with Crippen molar-refractivity contribution >= 4 is 33.0 Å². The molecule has 7 heteroatoms. The smallest absolute Gasteiger partial charge is 0.235 e. The molecule has 17 heavy (non-hydrogen) atoms. The maximum atomic E-state index is 11.5. The molecular weight excluding hydrogens is 260 g/mol. The standard InChI is InChI=1S/C10H18N2O3S2/c11-9(16)6-17(14,15)7-10(13)12-8-4-2-1-3-5-8/h8H,1-7H2,(H2,11,16)(H,12,13). The molecule has 0 radical (unpaired) electrons. The van der Waals surface area contributed by atoms with Crippen molar-refractivity contribution in [2.45, 2.75) is 38.1 Å². The average molecular weight is 278 g/mol. The predicted octanol–water partition coefficient (Wildman–Crippen LogP) is 0.136. The zero-order valence-electron chi connectivity index (χ0n) is 9.65. The topological polar surface area (TPSA) is 89.3 Å². The number of nitrogens with one attached hydrogen (secondary N) is 1. The second-order valence-electron chi connectivity index (χ2n) is 4.40. The van der Waals surface area contributed by atoms with E-state index in [0.717, 1.165) is 25.7 Å². The Bertz CT molecular complexity index is 386. The monoisotopic (exact) mass is 278 g/mol. The Morgan fingerprint density at radius 1 is 1.24 bits per heavy atom. The van der Waals surface area contributed by atoms with Crippen LogP contribution in [0.5, 0.6) is 0 Å². The van der Waals surface area contributed by atoms with E-state index < -0.39 is 27.3 Å². The molecule has 1 amide bonds. The van der Waals surface area contributed by atoms with Gasteiger partial charge in [-0.2, -0.15) is 0 Å². The summed E-state index contributed by atoms with van der Waals surface area (Å²) >= 11 is 4.52. The summed E-state index contributed by atoms with van der Waals surface area (Å²) in [6.45, 7) is 0. The van der Waals surface area contributed by atoms with Gasteiger partial charge in [-0.25, -0.2) is 8.42 Å². The van der Waals surface area contributed by atoms with Gasteiger partial charge in [-0.15, -0.1) is 0 Å². The number of hydrogen-bond acceptors (Lipinski definition) is 4. The lowest BCUT2D eigenvalue weighted by Gasteiger charge is -2.22. The van der Waals surface area contributed by atoms with Crippen LogP contribution in [0.15, 0.2) is 0 Å². The minimum atomic E-state index is -3.51. The quantitative estimate of drug-likeness (QED) is 0.698. The molecule has 1 fully saturated rings. The van der Waals surface area contributed by atoms with E-state index in [0.29, 0.717) is 0 Å². The van der Waals surface area contributed by atoms with E-state index in [2.05, 4.69) is 17.5 Å². The summed E-state index contributed by atoms with van der Waals surface area (Å²) in [5.41, 5.74) is 5.16. The molecule has 1 saturated carbocycles. The number of nitrogens with two attached hydrogens (primary N) is 1. The van der Waals surface area contributed by atoms with Crippen LogP contribution in [0, 0.1) is 0 Å². The first-order valence-corrected chi connectivity index (χ1v) is 7.90. The first-order chi connectivity index (χ1) is 7.89. The highest BCUT2D eigenvalue weighted by Gasteiger charge is 2.21. The highest BCUT2D eigenvalue weighted by atomic mass is 32.2. The van der Waals surface area contributed by atoms with Gasteiger partial charge in [0.2, 0.25) is 5.91 Å². The predicted molar refractivity (Wildman–Crippen MR) is 70.5 cm³/mol. The van der Waals surface area contributed by atoms with Gasteiger partial charge < -0.3 is 11.1 Å². The number of sulfone groups is 1. The molecule has 0 atom stereocenters. The molecule has 0 unspecified atom stereocenters. The van der Waals surface area contributed by atoms with Gasteiger partial charge in [0.1, 0.15) is 11.5 Å². The summed E-state index contributed by atoms with van der Waals surface area (Å²) in [5.74, 6) is -1.38. The Morgan fingerprint density at radius 2 is 1.82 bits per heavy atom. The van der Waals surface area contributed by atoms with Crippen LogP contribution >= 0.6 is 12.2 Å². The third kappa shape index (κ3) is 5.97. The zero-order chi connectivity index (χ0) is 12.9. The van der Waals surface area contributed by atoms with Gasteiger partial charge in [-0.1, -0.05) is 31.5 Å². The number of carbonyl (C=O) groups excluding carboxylic acids is 1. The Hall–Kier alpha value is -0.690. The fraction of sp³-hybridized carbons (Fsp3) is 0.800. The van der Waals surface area contributed by atoms with Gasteiger partial charge in [-0.05, 0) is 12.8 Å². The fourth-order valence-electron chi connectivity index (χ4n) is 1.98. The molecule has 5 nitrogen and oxygen atoms in total. The molecule has 1 aliphatic carbocycles. The number of rotatable bonds is 5. The summed E-state index contributed by atoms with van der Waals surface area (Å²) in [4.78, 5) is 11.4. The van der Waals surface area contributed by atoms with E-state index in [4.69, 9.17) is 5.73 Å². The molecule has 98 valence electrons. The van der Waals surface area contributed by atoms with Gasteiger partial charge in [0.15, 0.2) is 9.84 Å². The van der Waals surface area contributed by atoms with Crippen molar-refractivity contribution in [2.24, 2.45) is 5.73 Å². The first kappa shape index (κ1) is 14.4. The summed E-state index contributed by atoms with van der Waals surface area (Å²) < 4.78 is 22.9. The van der Waals surface area contributed by atoms with Gasteiger partial charge in [0, 0.05) is 6.04 Å². The van der Waals surface area contributed by atoms with Crippen molar-refractivity contribution in [3.63, 3.8) is 0 Å². The first-order valence-electron chi connectivity index (χ1n) is 5.67. The number of carbonyl (C=O) groups is 1. The SMILES string of the molecule is NC(=S)CS(=O)(=O)CC(=O)NC1CCCCC1. The van der Waals surface area contributed by atoms with E-state index >= 15 is 0 Å². The summed E-state index contributed by atoms with van der Waals surface area (Å²) in [5, 5.41) is 2.75. The van der Waals surface area contributed by atoms with Gasteiger partial charge >= 0.3 is 0 Å². The molecule has 0 aliphatic heterocycles. The molecule has 0 spiro atoms. The highest BCUT2D eigenvalue weighted by molar-refractivity contribution is 7.94. The minimum absolute atomic E-state index is 0.101. The molecule has 0 aromatic carbocycles. The number of amides is 1. The zero-order valence-corrected chi connectivity index (χ0v) is 11.3. The molecule has 0 saturated heterocycles. The van der Waals surface area contributed by atoms with Gasteiger partial charge in [0.25, 0.3) is 0 Å². The molecule has 3 N–H and O–H groups in total. The van der Waals surface area contributed by atoms with Crippen molar-refractivity contribution in [2.75, 3.05) is 11.5 Å². The molecular formula is C10H18N2O3S2. The van der Waals surface area contributed by atoms with Crippen molar-refractivity contribution in [3.8, 4) is 0 Å². The van der Waals surface area contributed by atoms with Crippen LogP contribution in [0.1, 0.15) is 32.1 Å². The van der Waals surface area contributed by atoms with E-state index in [1.165, 1.54) is 6.42 Å². The Morgan fingerprint density at radius 3 is 2.35 bits per heavy atom. The third-order valence-corrected chi connectivity index (χ3v) is 4.46. The lowest BCUT2D eigenvalue weighted by molar-refractivity contribution is -0.119. The summed E-state index contributed by atoms with van der Waals surface area (Å²) in [7, 11) is -3.51. The van der Waals surface area contributed by atoms with Crippen LogP contribution in [0.4, 0.5) is 0 Å². The van der Waals surface area contributed by atoms with Crippen LogP contribution in [0.3, 0.4) is 0 Å². The molecule has 0 aromatic rings. The highest BCUT2D eigenvalue weighted by Crippen LogP contribution is 2.17. The van der Waals surface area contributed by atoms with Crippen LogP contribution in [-0.2, 0) is 14.6 Å². The third-order valence-electron chi connectivity index (χ3n) is 2.68. The maximum absolute atomic E-state index is 11.5. The van der Waals surface area contributed by atoms with E-state index in [1.54, 1.807) is 0 Å². The second-order valence-corrected chi connectivity index (χ2v) is 6.99. The van der Waals surface area contributed by atoms with Gasteiger partial charge in [0.05, 0.1) is 4.99 Å². The van der Waals surface area contributed by atoms with Crippen LogP contribution in [0.2, 0.25) is 0 Å².